The Morgan fingerprint density at radius 1 is 0.556 bits per heavy atom. The average Bonchev–Trinajstić information content (AvgIpc) is 2.69. The van der Waals surface area contributed by atoms with Crippen LogP contribution in [0.25, 0.3) is 21.5 Å². The van der Waals surface area contributed by atoms with Crippen LogP contribution in [0.3, 0.4) is 0 Å². The fraction of sp³-hybridized carbons (Fsp3) is 0.167. The van der Waals surface area contributed by atoms with E-state index in [2.05, 4.69) is 24.3 Å². The zero-order valence-electron chi connectivity index (χ0n) is 15.1. The fourth-order valence-electron chi connectivity index (χ4n) is 3.71. The van der Waals surface area contributed by atoms with Crippen molar-refractivity contribution in [3.63, 3.8) is 0 Å². The zero-order chi connectivity index (χ0) is 18.6. The largest absolute Gasteiger partial charge is 0.456 e. The molecule has 0 unspecified atom stereocenters. The average molecular weight is 358 g/mol. The van der Waals surface area contributed by atoms with E-state index in [1.54, 1.807) is 0 Å². The number of hydrogen-bond donors (Lipinski definition) is 2. The second-order valence-electron chi connectivity index (χ2n) is 6.59. The molecular formula is C24H22O3. The fourth-order valence-corrected chi connectivity index (χ4v) is 3.71. The van der Waals surface area contributed by atoms with Crippen molar-refractivity contribution in [2.45, 2.75) is 12.8 Å². The van der Waals surface area contributed by atoms with Gasteiger partial charge in [0.1, 0.15) is 11.5 Å². The van der Waals surface area contributed by atoms with Crippen LogP contribution in [0, 0.1) is 0 Å². The van der Waals surface area contributed by atoms with Crippen LogP contribution < -0.4 is 4.74 Å². The van der Waals surface area contributed by atoms with Crippen LogP contribution in [0.15, 0.2) is 72.8 Å². The van der Waals surface area contributed by atoms with Gasteiger partial charge in [0.2, 0.25) is 0 Å². The van der Waals surface area contributed by atoms with E-state index >= 15 is 0 Å². The third kappa shape index (κ3) is 3.39. The predicted octanol–water partition coefficient (Wildman–Crippen LogP) is 4.85. The summed E-state index contributed by atoms with van der Waals surface area (Å²) >= 11 is 0. The molecule has 0 radical (unpaired) electrons. The monoisotopic (exact) mass is 358 g/mol. The Bertz CT molecular complexity index is 988. The van der Waals surface area contributed by atoms with Gasteiger partial charge in [0, 0.05) is 24.0 Å². The number of fused-ring (bicyclic) bond motifs is 2. The molecule has 0 amide bonds. The van der Waals surface area contributed by atoms with Crippen molar-refractivity contribution in [3.05, 3.63) is 83.9 Å². The number of ether oxygens (including phenoxy) is 1. The molecule has 0 saturated heterocycles. The second kappa shape index (κ2) is 7.78. The Hall–Kier alpha value is -2.88. The van der Waals surface area contributed by atoms with Crippen molar-refractivity contribution in [2.75, 3.05) is 13.2 Å². The zero-order valence-corrected chi connectivity index (χ0v) is 15.1. The van der Waals surface area contributed by atoms with E-state index in [1.165, 1.54) is 0 Å². The summed E-state index contributed by atoms with van der Waals surface area (Å²) in [5.74, 6) is 1.56. The summed E-state index contributed by atoms with van der Waals surface area (Å²) in [5, 5.41) is 23.1. The number of aliphatic hydroxyl groups is 2. The van der Waals surface area contributed by atoms with E-state index in [0.717, 1.165) is 44.2 Å². The molecule has 0 aromatic heterocycles. The maximum absolute atomic E-state index is 9.43. The molecule has 2 N–H and O–H groups in total. The normalized spacial score (nSPS) is 11.2. The first kappa shape index (κ1) is 17.5. The number of benzene rings is 4. The molecule has 0 atom stereocenters. The van der Waals surface area contributed by atoms with Crippen molar-refractivity contribution in [3.8, 4) is 11.5 Å². The molecular weight excluding hydrogens is 336 g/mol. The summed E-state index contributed by atoms with van der Waals surface area (Å²) < 4.78 is 6.42. The van der Waals surface area contributed by atoms with E-state index in [-0.39, 0.29) is 13.2 Å². The minimum absolute atomic E-state index is 0.0996. The molecule has 0 aliphatic rings. The Kier molecular flexibility index (Phi) is 5.05. The van der Waals surface area contributed by atoms with E-state index in [0.29, 0.717) is 12.8 Å². The number of aliphatic hydroxyl groups excluding tert-OH is 2. The van der Waals surface area contributed by atoms with E-state index in [1.807, 2.05) is 48.5 Å². The molecule has 0 saturated carbocycles. The quantitative estimate of drug-likeness (QED) is 0.518. The summed E-state index contributed by atoms with van der Waals surface area (Å²) in [6.45, 7) is 0.199. The smallest absolute Gasteiger partial charge is 0.135 e. The van der Waals surface area contributed by atoms with E-state index in [9.17, 15) is 10.2 Å². The molecule has 0 aliphatic heterocycles. The van der Waals surface area contributed by atoms with Crippen LogP contribution in [0.2, 0.25) is 0 Å². The lowest BCUT2D eigenvalue weighted by molar-refractivity contribution is 0.299. The Balaban J connectivity index is 1.88. The Morgan fingerprint density at radius 3 is 1.37 bits per heavy atom. The van der Waals surface area contributed by atoms with Crippen LogP contribution >= 0.6 is 0 Å². The highest BCUT2D eigenvalue weighted by atomic mass is 16.5. The molecule has 3 nitrogen and oxygen atoms in total. The molecule has 3 heteroatoms. The third-order valence-electron chi connectivity index (χ3n) is 4.89. The molecule has 4 rings (SSSR count). The summed E-state index contributed by atoms with van der Waals surface area (Å²) in [5.41, 5.74) is 2.14. The van der Waals surface area contributed by atoms with Crippen LogP contribution in [0.5, 0.6) is 11.5 Å². The van der Waals surface area contributed by atoms with Gasteiger partial charge in [-0.2, -0.15) is 0 Å². The lowest BCUT2D eigenvalue weighted by Crippen LogP contribution is -1.96. The van der Waals surface area contributed by atoms with Gasteiger partial charge in [0.25, 0.3) is 0 Å². The van der Waals surface area contributed by atoms with Gasteiger partial charge in [-0.05, 0) is 46.9 Å². The minimum atomic E-state index is 0.0996. The number of rotatable bonds is 6. The number of hydrogen-bond acceptors (Lipinski definition) is 3. The van der Waals surface area contributed by atoms with Gasteiger partial charge in [0.15, 0.2) is 0 Å². The molecule has 4 aromatic carbocycles. The van der Waals surface area contributed by atoms with Gasteiger partial charge in [-0.3, -0.25) is 0 Å². The highest BCUT2D eigenvalue weighted by Gasteiger charge is 2.12. The first-order chi connectivity index (χ1) is 13.3. The highest BCUT2D eigenvalue weighted by Crippen LogP contribution is 2.37. The molecule has 27 heavy (non-hydrogen) atoms. The van der Waals surface area contributed by atoms with Crippen LogP contribution in [0.4, 0.5) is 0 Å². The second-order valence-corrected chi connectivity index (χ2v) is 6.59. The molecule has 4 aromatic rings. The Labute approximate surface area is 158 Å². The third-order valence-corrected chi connectivity index (χ3v) is 4.89. The first-order valence-corrected chi connectivity index (χ1v) is 9.22. The van der Waals surface area contributed by atoms with Crippen molar-refractivity contribution in [1.29, 1.82) is 0 Å². The maximum atomic E-state index is 9.43. The summed E-state index contributed by atoms with van der Waals surface area (Å²) in [6.07, 6.45) is 1.17. The lowest BCUT2D eigenvalue weighted by atomic mass is 10.0. The molecule has 0 bridgehead atoms. The van der Waals surface area contributed by atoms with E-state index in [4.69, 9.17) is 4.74 Å². The van der Waals surface area contributed by atoms with Crippen molar-refractivity contribution >= 4 is 21.5 Å². The topological polar surface area (TPSA) is 49.7 Å². The van der Waals surface area contributed by atoms with Gasteiger partial charge in [-0.1, -0.05) is 60.7 Å². The molecule has 136 valence electrons. The highest BCUT2D eigenvalue weighted by molar-refractivity contribution is 5.94. The first-order valence-electron chi connectivity index (χ1n) is 9.22. The van der Waals surface area contributed by atoms with Crippen molar-refractivity contribution in [1.82, 2.24) is 0 Å². The standard InChI is InChI=1S/C24H22O3/c25-15-13-19-7-1-5-17-9-3-11-21(23(17)19)27-22-12-4-10-18-6-2-8-20(14-16-26)24(18)22/h1-12,25-26H,13-16H2. The van der Waals surface area contributed by atoms with Crippen LogP contribution in [0.1, 0.15) is 11.1 Å². The van der Waals surface area contributed by atoms with Crippen LogP contribution in [-0.4, -0.2) is 23.4 Å². The maximum Gasteiger partial charge on any atom is 0.135 e. The van der Waals surface area contributed by atoms with Gasteiger partial charge in [0.05, 0.1) is 0 Å². The minimum Gasteiger partial charge on any atom is -0.456 e. The summed E-state index contributed by atoms with van der Waals surface area (Å²) in [4.78, 5) is 0. The molecule has 0 spiro atoms. The Morgan fingerprint density at radius 2 is 0.963 bits per heavy atom. The van der Waals surface area contributed by atoms with Crippen LogP contribution in [-0.2, 0) is 12.8 Å². The van der Waals surface area contributed by atoms with Gasteiger partial charge < -0.3 is 14.9 Å². The van der Waals surface area contributed by atoms with Crippen molar-refractivity contribution in [2.24, 2.45) is 0 Å². The lowest BCUT2D eigenvalue weighted by Gasteiger charge is -2.15. The predicted molar refractivity (Wildman–Crippen MR) is 110 cm³/mol. The van der Waals surface area contributed by atoms with Gasteiger partial charge in [-0.15, -0.1) is 0 Å². The molecule has 0 fully saturated rings. The summed E-state index contributed by atoms with van der Waals surface area (Å²) in [7, 11) is 0. The van der Waals surface area contributed by atoms with Gasteiger partial charge >= 0.3 is 0 Å². The molecule has 0 aliphatic carbocycles. The summed E-state index contributed by atoms with van der Waals surface area (Å²) in [6, 6.07) is 24.2. The SMILES string of the molecule is OCCc1cccc2cccc(Oc3cccc4cccc(CCO)c34)c12. The van der Waals surface area contributed by atoms with Gasteiger partial charge in [-0.25, -0.2) is 0 Å². The molecule has 0 heterocycles. The van der Waals surface area contributed by atoms with E-state index < -0.39 is 0 Å². The van der Waals surface area contributed by atoms with Crippen molar-refractivity contribution < 1.29 is 14.9 Å².